The normalized spacial score (nSPS) is 33.5. The van der Waals surface area contributed by atoms with Gasteiger partial charge in [-0.2, -0.15) is 0 Å². The lowest BCUT2D eigenvalue weighted by Gasteiger charge is -2.35. The fraction of sp³-hybridized carbons (Fsp3) is 0.526. The molecule has 144 valence electrons. The van der Waals surface area contributed by atoms with E-state index in [4.69, 9.17) is 11.6 Å². The first-order valence-corrected chi connectivity index (χ1v) is 9.33. The summed E-state index contributed by atoms with van der Waals surface area (Å²) in [7, 11) is 0. The minimum atomic E-state index is -1.43. The number of hydrogen-bond donors (Lipinski definition) is 3. The quantitative estimate of drug-likeness (QED) is 0.625. The molecular formula is C19H22ClN3O4. The summed E-state index contributed by atoms with van der Waals surface area (Å²) in [5.41, 5.74) is -1.18. The third-order valence-corrected chi connectivity index (χ3v) is 6.14. The van der Waals surface area contributed by atoms with E-state index in [9.17, 15) is 19.5 Å². The zero-order chi connectivity index (χ0) is 19.9. The van der Waals surface area contributed by atoms with E-state index in [1.165, 1.54) is 4.90 Å². The van der Waals surface area contributed by atoms with Crippen molar-refractivity contribution in [3.63, 3.8) is 0 Å². The maximum absolute atomic E-state index is 13.4. The summed E-state index contributed by atoms with van der Waals surface area (Å²) in [6.45, 7) is 6.89. The molecule has 0 unspecified atom stereocenters. The van der Waals surface area contributed by atoms with Gasteiger partial charge >= 0.3 is 0 Å². The van der Waals surface area contributed by atoms with Crippen LogP contribution in [0.2, 0.25) is 5.02 Å². The van der Waals surface area contributed by atoms with Gasteiger partial charge in [-0.15, -0.1) is 0 Å². The van der Waals surface area contributed by atoms with Crippen molar-refractivity contribution < 1.29 is 19.5 Å². The number of nitrogens with one attached hydrogen (secondary N) is 2. The molecule has 0 bridgehead atoms. The SMILES string of the molecule is C[C@H](O)[C@H]1N[C@]2(C(=O)Nc3c(Cl)cccc32)[C@@H]2C(=O)N(C(C)(C)C)C(=O)[C@H]12. The van der Waals surface area contributed by atoms with E-state index in [1.807, 2.05) is 0 Å². The van der Waals surface area contributed by atoms with Crippen LogP contribution in [0.25, 0.3) is 0 Å². The number of hydrogen-bond acceptors (Lipinski definition) is 5. The van der Waals surface area contributed by atoms with Gasteiger partial charge in [-0.25, -0.2) is 0 Å². The van der Waals surface area contributed by atoms with Crippen LogP contribution in [0.5, 0.6) is 0 Å². The fourth-order valence-electron chi connectivity index (χ4n) is 4.80. The Balaban J connectivity index is 1.95. The van der Waals surface area contributed by atoms with Gasteiger partial charge in [0.05, 0.1) is 28.6 Å². The second-order valence-corrected chi connectivity index (χ2v) is 8.93. The Labute approximate surface area is 162 Å². The zero-order valence-electron chi connectivity index (χ0n) is 15.5. The molecule has 0 aliphatic carbocycles. The van der Waals surface area contributed by atoms with Gasteiger partial charge in [0, 0.05) is 17.1 Å². The van der Waals surface area contributed by atoms with Crippen molar-refractivity contribution in [3.8, 4) is 0 Å². The predicted molar refractivity (Wildman–Crippen MR) is 99.0 cm³/mol. The average molecular weight is 392 g/mol. The molecule has 27 heavy (non-hydrogen) atoms. The Morgan fingerprint density at radius 3 is 2.48 bits per heavy atom. The van der Waals surface area contributed by atoms with Crippen molar-refractivity contribution in [1.29, 1.82) is 0 Å². The number of carbonyl (C=O) groups is 3. The number of anilines is 1. The summed E-state index contributed by atoms with van der Waals surface area (Å²) < 4.78 is 0. The van der Waals surface area contributed by atoms with Crippen molar-refractivity contribution in [3.05, 3.63) is 28.8 Å². The third-order valence-electron chi connectivity index (χ3n) is 5.82. The average Bonchev–Trinajstić information content (AvgIpc) is 3.13. The van der Waals surface area contributed by atoms with Crippen LogP contribution in [0, 0.1) is 11.8 Å². The van der Waals surface area contributed by atoms with Crippen LogP contribution in [0.4, 0.5) is 5.69 Å². The largest absolute Gasteiger partial charge is 0.392 e. The number of likely N-dealkylation sites (tertiary alicyclic amines) is 1. The summed E-state index contributed by atoms with van der Waals surface area (Å²) in [5, 5.41) is 16.6. The van der Waals surface area contributed by atoms with Gasteiger partial charge in [0.2, 0.25) is 17.7 Å². The summed E-state index contributed by atoms with van der Waals surface area (Å²) in [5.74, 6) is -2.97. The lowest BCUT2D eigenvalue weighted by Crippen LogP contribution is -2.57. The minimum absolute atomic E-state index is 0.362. The fourth-order valence-corrected chi connectivity index (χ4v) is 5.02. The molecular weight excluding hydrogens is 370 g/mol. The predicted octanol–water partition coefficient (Wildman–Crippen LogP) is 1.24. The van der Waals surface area contributed by atoms with Crippen LogP contribution in [-0.2, 0) is 19.9 Å². The highest BCUT2D eigenvalue weighted by molar-refractivity contribution is 6.35. The molecule has 2 saturated heterocycles. The van der Waals surface area contributed by atoms with Crippen molar-refractivity contribution in [2.24, 2.45) is 11.8 Å². The number of rotatable bonds is 1. The topological polar surface area (TPSA) is 98.7 Å². The molecule has 3 aliphatic heterocycles. The molecule has 1 aromatic rings. The smallest absolute Gasteiger partial charge is 0.250 e. The highest BCUT2D eigenvalue weighted by atomic mass is 35.5. The Morgan fingerprint density at radius 2 is 1.89 bits per heavy atom. The molecule has 0 aromatic heterocycles. The number of aliphatic hydroxyl groups excluding tert-OH is 1. The lowest BCUT2D eigenvalue weighted by molar-refractivity contribution is -0.148. The van der Waals surface area contributed by atoms with E-state index < -0.39 is 46.9 Å². The zero-order valence-corrected chi connectivity index (χ0v) is 16.3. The molecule has 3 amide bonds. The Kier molecular flexibility index (Phi) is 3.77. The molecule has 2 fully saturated rings. The molecule has 7 nitrogen and oxygen atoms in total. The number of halogens is 1. The molecule has 1 aromatic carbocycles. The number of benzene rings is 1. The van der Waals surface area contributed by atoms with E-state index in [-0.39, 0.29) is 5.91 Å². The van der Waals surface area contributed by atoms with Crippen LogP contribution < -0.4 is 10.6 Å². The third kappa shape index (κ3) is 2.19. The second-order valence-electron chi connectivity index (χ2n) is 8.52. The lowest BCUT2D eigenvalue weighted by atomic mass is 9.76. The maximum atomic E-state index is 13.4. The summed E-state index contributed by atoms with van der Waals surface area (Å²) >= 11 is 6.25. The number of aliphatic hydroxyl groups is 1. The molecule has 0 saturated carbocycles. The van der Waals surface area contributed by atoms with Crippen molar-refractivity contribution in [2.45, 2.75) is 50.9 Å². The first-order valence-electron chi connectivity index (χ1n) is 8.96. The number of para-hydroxylation sites is 1. The minimum Gasteiger partial charge on any atom is -0.392 e. The first kappa shape index (κ1) is 18.4. The van der Waals surface area contributed by atoms with E-state index >= 15 is 0 Å². The first-order chi connectivity index (χ1) is 12.5. The van der Waals surface area contributed by atoms with Crippen LogP contribution in [0.1, 0.15) is 33.3 Å². The van der Waals surface area contributed by atoms with Crippen LogP contribution in [0.3, 0.4) is 0 Å². The van der Waals surface area contributed by atoms with E-state index in [1.54, 1.807) is 45.9 Å². The number of nitrogens with zero attached hydrogens (tertiary/aromatic N) is 1. The standard InChI is InChI=1S/C19H22ClN3O4/c1-8(24)13-11-12(16(26)23(15(11)25)18(2,3)4)19(22-13)9-6-5-7-10(20)14(9)21-17(19)27/h5-8,11-13,22,24H,1-4H3,(H,21,27)/t8-,11-,12-,13+,19-/m0/s1. The molecule has 3 aliphatic rings. The van der Waals surface area contributed by atoms with Crippen molar-refractivity contribution in [1.82, 2.24) is 10.2 Å². The Morgan fingerprint density at radius 1 is 1.22 bits per heavy atom. The van der Waals surface area contributed by atoms with Crippen LogP contribution in [0.15, 0.2) is 18.2 Å². The van der Waals surface area contributed by atoms with Gasteiger partial charge in [-0.3, -0.25) is 24.6 Å². The second kappa shape index (κ2) is 5.53. The number of imide groups is 1. The number of carbonyl (C=O) groups excluding carboxylic acids is 3. The highest BCUT2D eigenvalue weighted by Crippen LogP contribution is 2.55. The molecule has 0 radical (unpaired) electrons. The van der Waals surface area contributed by atoms with Crippen molar-refractivity contribution >= 4 is 35.0 Å². The molecule has 4 rings (SSSR count). The summed E-state index contributed by atoms with van der Waals surface area (Å²) in [6.07, 6.45) is -0.926. The molecule has 1 spiro atoms. The highest BCUT2D eigenvalue weighted by Gasteiger charge is 2.72. The van der Waals surface area contributed by atoms with Gasteiger partial charge in [0.1, 0.15) is 5.54 Å². The molecule has 3 heterocycles. The van der Waals surface area contributed by atoms with Gasteiger partial charge in [0.15, 0.2) is 0 Å². The molecule has 8 heteroatoms. The van der Waals surface area contributed by atoms with Crippen LogP contribution in [-0.4, -0.2) is 45.4 Å². The van der Waals surface area contributed by atoms with E-state index in [0.717, 1.165) is 0 Å². The Bertz CT molecular complexity index is 878. The Hall–Kier alpha value is -1.96. The monoisotopic (exact) mass is 391 g/mol. The number of amides is 3. The number of fused-ring (bicyclic) bond motifs is 4. The van der Waals surface area contributed by atoms with E-state index in [0.29, 0.717) is 16.3 Å². The van der Waals surface area contributed by atoms with Gasteiger partial charge in [0.25, 0.3) is 0 Å². The summed E-state index contributed by atoms with van der Waals surface area (Å²) in [4.78, 5) is 40.9. The molecule has 3 N–H and O–H groups in total. The van der Waals surface area contributed by atoms with Gasteiger partial charge in [-0.1, -0.05) is 23.7 Å². The van der Waals surface area contributed by atoms with E-state index in [2.05, 4.69) is 10.6 Å². The van der Waals surface area contributed by atoms with Gasteiger partial charge in [-0.05, 0) is 33.8 Å². The molecule has 5 atom stereocenters. The van der Waals surface area contributed by atoms with Crippen molar-refractivity contribution in [2.75, 3.05) is 5.32 Å². The summed E-state index contributed by atoms with van der Waals surface area (Å²) in [6, 6.07) is 4.36. The van der Waals surface area contributed by atoms with Gasteiger partial charge < -0.3 is 10.4 Å². The van der Waals surface area contributed by atoms with Crippen LogP contribution >= 0.6 is 11.6 Å². The maximum Gasteiger partial charge on any atom is 0.250 e.